The number of carbonyl (C=O) groups excluding carboxylic acids is 1. The molecular formula is C11H11F3OS. The van der Waals surface area contributed by atoms with Crippen LogP contribution in [0.25, 0.3) is 0 Å². The van der Waals surface area contributed by atoms with Crippen LogP contribution >= 0.6 is 11.8 Å². The number of unbranched alkanes of at least 4 members (excludes halogenated alkanes) is 1. The number of thioether (sulfide) groups is 1. The van der Waals surface area contributed by atoms with Crippen molar-refractivity contribution in [1.82, 2.24) is 0 Å². The predicted octanol–water partition coefficient (Wildman–Crippen LogP) is 3.78. The van der Waals surface area contributed by atoms with E-state index >= 15 is 0 Å². The third-order valence-corrected chi connectivity index (χ3v) is 3.08. The number of alkyl halides is 3. The Bertz CT molecular complexity index is 349. The highest BCUT2D eigenvalue weighted by Gasteiger charge is 2.32. The lowest BCUT2D eigenvalue weighted by Crippen LogP contribution is -2.06. The maximum absolute atomic E-state index is 12.6. The lowest BCUT2D eigenvalue weighted by atomic mass is 10.2. The molecule has 0 radical (unpaired) electrons. The lowest BCUT2D eigenvalue weighted by molar-refractivity contribution is -0.139. The van der Waals surface area contributed by atoms with E-state index in [0.717, 1.165) is 24.1 Å². The van der Waals surface area contributed by atoms with E-state index in [1.54, 1.807) is 6.07 Å². The van der Waals surface area contributed by atoms with Crippen molar-refractivity contribution in [3.63, 3.8) is 0 Å². The molecule has 5 heteroatoms. The molecule has 0 spiro atoms. The molecule has 0 atom stereocenters. The fraction of sp³-hybridized carbons (Fsp3) is 0.364. The van der Waals surface area contributed by atoms with E-state index in [2.05, 4.69) is 0 Å². The molecule has 1 nitrogen and oxygen atoms in total. The summed E-state index contributed by atoms with van der Waals surface area (Å²) in [6.07, 6.45) is -2.55. The third-order valence-electron chi connectivity index (χ3n) is 1.92. The van der Waals surface area contributed by atoms with Crippen LogP contribution in [0.4, 0.5) is 13.2 Å². The van der Waals surface area contributed by atoms with Crippen molar-refractivity contribution in [2.75, 3.05) is 5.75 Å². The van der Waals surface area contributed by atoms with Crippen molar-refractivity contribution in [3.05, 3.63) is 29.8 Å². The zero-order chi connectivity index (χ0) is 12.0. The molecule has 0 saturated carbocycles. The van der Waals surface area contributed by atoms with Crippen molar-refractivity contribution >= 4 is 18.0 Å². The van der Waals surface area contributed by atoms with Gasteiger partial charge in [-0.3, -0.25) is 0 Å². The van der Waals surface area contributed by atoms with E-state index in [0.29, 0.717) is 18.6 Å². The van der Waals surface area contributed by atoms with Crippen LogP contribution in [0.1, 0.15) is 18.4 Å². The van der Waals surface area contributed by atoms with Gasteiger partial charge in [0.25, 0.3) is 0 Å². The largest absolute Gasteiger partial charge is 0.417 e. The van der Waals surface area contributed by atoms with Crippen molar-refractivity contribution in [1.29, 1.82) is 0 Å². The first kappa shape index (κ1) is 13.1. The maximum Gasteiger partial charge on any atom is 0.417 e. The molecule has 0 aliphatic heterocycles. The van der Waals surface area contributed by atoms with Crippen LogP contribution in [0.2, 0.25) is 0 Å². The van der Waals surface area contributed by atoms with E-state index < -0.39 is 11.7 Å². The minimum Gasteiger partial charge on any atom is -0.303 e. The van der Waals surface area contributed by atoms with Gasteiger partial charge in [0, 0.05) is 11.3 Å². The molecule has 88 valence electrons. The highest BCUT2D eigenvalue weighted by molar-refractivity contribution is 7.99. The first-order valence-corrected chi connectivity index (χ1v) is 5.77. The summed E-state index contributed by atoms with van der Waals surface area (Å²) in [6.45, 7) is 0. The van der Waals surface area contributed by atoms with Crippen molar-refractivity contribution in [2.24, 2.45) is 0 Å². The van der Waals surface area contributed by atoms with Crippen LogP contribution in [0.5, 0.6) is 0 Å². The molecule has 0 aromatic heterocycles. The van der Waals surface area contributed by atoms with Gasteiger partial charge in [0.05, 0.1) is 5.56 Å². The molecule has 0 N–H and O–H groups in total. The van der Waals surface area contributed by atoms with Crippen molar-refractivity contribution < 1.29 is 18.0 Å². The van der Waals surface area contributed by atoms with Gasteiger partial charge in [-0.25, -0.2) is 0 Å². The Morgan fingerprint density at radius 3 is 2.56 bits per heavy atom. The average Bonchev–Trinajstić information content (AvgIpc) is 2.24. The number of rotatable bonds is 5. The Hall–Kier alpha value is -0.970. The fourth-order valence-electron chi connectivity index (χ4n) is 1.18. The topological polar surface area (TPSA) is 17.1 Å². The predicted molar refractivity (Wildman–Crippen MR) is 57.5 cm³/mol. The molecule has 0 saturated heterocycles. The van der Waals surface area contributed by atoms with E-state index in [9.17, 15) is 18.0 Å². The first-order chi connectivity index (χ1) is 7.55. The van der Waals surface area contributed by atoms with E-state index in [-0.39, 0.29) is 4.90 Å². The number of halogens is 3. The van der Waals surface area contributed by atoms with Gasteiger partial charge in [-0.15, -0.1) is 11.8 Å². The van der Waals surface area contributed by atoms with Gasteiger partial charge in [-0.1, -0.05) is 12.1 Å². The smallest absolute Gasteiger partial charge is 0.303 e. The molecular weight excluding hydrogens is 237 g/mol. The highest BCUT2D eigenvalue weighted by atomic mass is 32.2. The SMILES string of the molecule is O=CCCCSc1ccccc1C(F)(F)F. The van der Waals surface area contributed by atoms with Gasteiger partial charge >= 0.3 is 6.18 Å². The van der Waals surface area contributed by atoms with E-state index in [1.807, 2.05) is 0 Å². The van der Waals surface area contributed by atoms with Gasteiger partial charge in [0.2, 0.25) is 0 Å². The number of aldehydes is 1. The van der Waals surface area contributed by atoms with Crippen LogP contribution in [0.3, 0.4) is 0 Å². The Morgan fingerprint density at radius 2 is 1.94 bits per heavy atom. The second-order valence-corrected chi connectivity index (χ2v) is 4.29. The zero-order valence-corrected chi connectivity index (χ0v) is 9.27. The van der Waals surface area contributed by atoms with Crippen LogP contribution in [-0.4, -0.2) is 12.0 Å². The molecule has 0 unspecified atom stereocenters. The molecule has 0 aliphatic carbocycles. The first-order valence-electron chi connectivity index (χ1n) is 4.78. The molecule has 0 fully saturated rings. The molecule has 0 bridgehead atoms. The van der Waals surface area contributed by atoms with Crippen LogP contribution in [0, 0.1) is 0 Å². The maximum atomic E-state index is 12.6. The summed E-state index contributed by atoms with van der Waals surface area (Å²) in [5.74, 6) is 0.520. The lowest BCUT2D eigenvalue weighted by Gasteiger charge is -2.11. The number of benzene rings is 1. The van der Waals surface area contributed by atoms with Gasteiger partial charge in [-0.2, -0.15) is 13.2 Å². The highest BCUT2D eigenvalue weighted by Crippen LogP contribution is 2.36. The van der Waals surface area contributed by atoms with Gasteiger partial charge < -0.3 is 4.79 Å². The summed E-state index contributed by atoms with van der Waals surface area (Å²) in [6, 6.07) is 5.48. The Balaban J connectivity index is 2.68. The molecule has 0 amide bonds. The van der Waals surface area contributed by atoms with Gasteiger partial charge in [0.1, 0.15) is 6.29 Å². The Morgan fingerprint density at radius 1 is 1.25 bits per heavy atom. The van der Waals surface area contributed by atoms with E-state index in [4.69, 9.17) is 0 Å². The zero-order valence-electron chi connectivity index (χ0n) is 8.46. The molecule has 1 aromatic rings. The summed E-state index contributed by atoms with van der Waals surface area (Å²) < 4.78 is 37.7. The summed E-state index contributed by atoms with van der Waals surface area (Å²) in [5.41, 5.74) is -0.605. The third kappa shape index (κ3) is 3.89. The normalized spacial score (nSPS) is 11.4. The second-order valence-electron chi connectivity index (χ2n) is 3.15. The van der Waals surface area contributed by atoms with Crippen LogP contribution in [-0.2, 0) is 11.0 Å². The number of carbonyl (C=O) groups is 1. The summed E-state index contributed by atoms with van der Waals surface area (Å²) in [4.78, 5) is 10.3. The standard InChI is InChI=1S/C11H11F3OS/c12-11(13,14)9-5-1-2-6-10(9)16-8-4-3-7-15/h1-2,5-7H,3-4,8H2. The van der Waals surface area contributed by atoms with Crippen molar-refractivity contribution in [2.45, 2.75) is 23.9 Å². The van der Waals surface area contributed by atoms with Gasteiger partial charge in [0.15, 0.2) is 0 Å². The summed E-state index contributed by atoms with van der Waals surface area (Å²) >= 11 is 1.13. The molecule has 1 rings (SSSR count). The Kier molecular flexibility index (Phi) is 4.86. The number of hydrogen-bond acceptors (Lipinski definition) is 2. The Labute approximate surface area is 96.0 Å². The summed E-state index contributed by atoms with van der Waals surface area (Å²) in [7, 11) is 0. The van der Waals surface area contributed by atoms with Crippen LogP contribution in [0.15, 0.2) is 29.2 Å². The molecule has 0 heterocycles. The fourth-order valence-corrected chi connectivity index (χ4v) is 2.22. The second kappa shape index (κ2) is 5.94. The monoisotopic (exact) mass is 248 g/mol. The van der Waals surface area contributed by atoms with Gasteiger partial charge in [-0.05, 0) is 24.3 Å². The minimum absolute atomic E-state index is 0.223. The quantitative estimate of drug-likeness (QED) is 0.448. The average molecular weight is 248 g/mol. The minimum atomic E-state index is -4.31. The molecule has 1 aromatic carbocycles. The molecule has 16 heavy (non-hydrogen) atoms. The van der Waals surface area contributed by atoms with Crippen molar-refractivity contribution in [3.8, 4) is 0 Å². The summed E-state index contributed by atoms with van der Waals surface area (Å²) in [5, 5.41) is 0. The molecule has 0 aliphatic rings. The number of hydrogen-bond donors (Lipinski definition) is 0. The van der Waals surface area contributed by atoms with E-state index in [1.165, 1.54) is 12.1 Å². The van der Waals surface area contributed by atoms with Crippen LogP contribution < -0.4 is 0 Å².